The smallest absolute Gasteiger partial charge is 0.257 e. The van der Waals surface area contributed by atoms with Gasteiger partial charge in [0.2, 0.25) is 10.0 Å². The SMILES string of the molecule is Cc1cccc2sc(NC(=O)c3ccc(S(=O)(=O)N4CCC(C)CC4)cc3)nc12. The summed E-state index contributed by atoms with van der Waals surface area (Å²) in [6.07, 6.45) is 1.75. The first-order valence-electron chi connectivity index (χ1n) is 9.62. The third-order valence-corrected chi connectivity index (χ3v) is 8.19. The third kappa shape index (κ3) is 4.05. The Kier molecular flexibility index (Phi) is 5.42. The van der Waals surface area contributed by atoms with E-state index >= 15 is 0 Å². The van der Waals surface area contributed by atoms with Gasteiger partial charge in [0.25, 0.3) is 5.91 Å². The van der Waals surface area contributed by atoms with Gasteiger partial charge >= 0.3 is 0 Å². The summed E-state index contributed by atoms with van der Waals surface area (Å²) in [5.74, 6) is 0.247. The van der Waals surface area contributed by atoms with Crippen molar-refractivity contribution in [3.63, 3.8) is 0 Å². The molecule has 0 unspecified atom stereocenters. The second kappa shape index (κ2) is 7.85. The molecule has 8 heteroatoms. The molecule has 1 amide bonds. The topological polar surface area (TPSA) is 79.4 Å². The van der Waals surface area contributed by atoms with E-state index in [1.807, 2.05) is 25.1 Å². The van der Waals surface area contributed by atoms with Crippen LogP contribution in [0.2, 0.25) is 0 Å². The van der Waals surface area contributed by atoms with Crippen LogP contribution in [0.4, 0.5) is 5.13 Å². The number of benzene rings is 2. The zero-order valence-electron chi connectivity index (χ0n) is 16.4. The largest absolute Gasteiger partial charge is 0.298 e. The van der Waals surface area contributed by atoms with E-state index in [0.717, 1.165) is 28.6 Å². The molecule has 2 heterocycles. The van der Waals surface area contributed by atoms with E-state index in [1.54, 1.807) is 12.1 Å². The lowest BCUT2D eigenvalue weighted by molar-refractivity contribution is 0.102. The molecule has 152 valence electrons. The van der Waals surface area contributed by atoms with Crippen molar-refractivity contribution in [1.29, 1.82) is 0 Å². The quantitative estimate of drug-likeness (QED) is 0.671. The van der Waals surface area contributed by atoms with Crippen LogP contribution in [0.5, 0.6) is 0 Å². The summed E-state index contributed by atoms with van der Waals surface area (Å²) in [6, 6.07) is 12.0. The Morgan fingerprint density at radius 2 is 1.83 bits per heavy atom. The lowest BCUT2D eigenvalue weighted by Crippen LogP contribution is -2.37. The monoisotopic (exact) mass is 429 g/mol. The molecule has 1 aliphatic rings. The molecule has 1 fully saturated rings. The lowest BCUT2D eigenvalue weighted by Gasteiger charge is -2.29. The van der Waals surface area contributed by atoms with E-state index in [-0.39, 0.29) is 10.8 Å². The Morgan fingerprint density at radius 1 is 1.14 bits per heavy atom. The number of hydrogen-bond donors (Lipinski definition) is 1. The van der Waals surface area contributed by atoms with Gasteiger partial charge in [-0.3, -0.25) is 10.1 Å². The highest BCUT2D eigenvalue weighted by atomic mass is 32.2. The summed E-state index contributed by atoms with van der Waals surface area (Å²) in [4.78, 5) is 17.3. The fraction of sp³-hybridized carbons (Fsp3) is 0.333. The zero-order chi connectivity index (χ0) is 20.6. The summed E-state index contributed by atoms with van der Waals surface area (Å²) < 4.78 is 28.2. The number of anilines is 1. The molecule has 4 rings (SSSR count). The van der Waals surface area contributed by atoms with Crippen molar-refractivity contribution >= 4 is 42.6 Å². The van der Waals surface area contributed by atoms with Gasteiger partial charge in [-0.15, -0.1) is 0 Å². The predicted octanol–water partition coefficient (Wildman–Crippen LogP) is 4.28. The van der Waals surface area contributed by atoms with Crippen LogP contribution in [-0.2, 0) is 10.0 Å². The first kappa shape index (κ1) is 20.0. The summed E-state index contributed by atoms with van der Waals surface area (Å²) in [5, 5.41) is 3.34. The second-order valence-electron chi connectivity index (χ2n) is 7.51. The molecule has 1 aromatic heterocycles. The number of thiazole rings is 1. The number of carbonyl (C=O) groups excluding carboxylic acids is 1. The molecule has 0 bridgehead atoms. The van der Waals surface area contributed by atoms with Gasteiger partial charge in [0.1, 0.15) is 0 Å². The Bertz CT molecular complexity index is 1150. The minimum atomic E-state index is -3.52. The van der Waals surface area contributed by atoms with Gasteiger partial charge < -0.3 is 0 Å². The van der Waals surface area contributed by atoms with Crippen molar-refractivity contribution in [2.45, 2.75) is 31.6 Å². The van der Waals surface area contributed by atoms with Crippen molar-refractivity contribution < 1.29 is 13.2 Å². The van der Waals surface area contributed by atoms with Gasteiger partial charge in [-0.1, -0.05) is 30.4 Å². The maximum Gasteiger partial charge on any atom is 0.257 e. The fourth-order valence-corrected chi connectivity index (χ4v) is 5.87. The number of nitrogens with zero attached hydrogens (tertiary/aromatic N) is 2. The molecule has 1 N–H and O–H groups in total. The van der Waals surface area contributed by atoms with Gasteiger partial charge in [0.15, 0.2) is 5.13 Å². The highest BCUT2D eigenvalue weighted by Gasteiger charge is 2.28. The molecule has 0 atom stereocenters. The molecular formula is C21H23N3O3S2. The van der Waals surface area contributed by atoms with Gasteiger partial charge in [0, 0.05) is 18.7 Å². The summed E-state index contributed by atoms with van der Waals surface area (Å²) in [5.41, 5.74) is 2.33. The third-order valence-electron chi connectivity index (χ3n) is 5.34. The van der Waals surface area contributed by atoms with Crippen LogP contribution < -0.4 is 5.32 Å². The number of sulfonamides is 1. The number of carbonyl (C=O) groups is 1. The normalized spacial score (nSPS) is 16.2. The van der Waals surface area contributed by atoms with Crippen molar-refractivity contribution in [3.05, 3.63) is 53.6 Å². The molecular weight excluding hydrogens is 406 g/mol. The van der Waals surface area contributed by atoms with Crippen LogP contribution in [0.15, 0.2) is 47.4 Å². The van der Waals surface area contributed by atoms with Crippen LogP contribution >= 0.6 is 11.3 Å². The maximum absolute atomic E-state index is 12.8. The van der Waals surface area contributed by atoms with Crippen LogP contribution in [0.1, 0.15) is 35.7 Å². The number of rotatable bonds is 4. The summed E-state index contributed by atoms with van der Waals surface area (Å²) in [7, 11) is -3.52. The van der Waals surface area contributed by atoms with Crippen molar-refractivity contribution in [2.24, 2.45) is 5.92 Å². The van der Waals surface area contributed by atoms with Gasteiger partial charge in [0.05, 0.1) is 15.1 Å². The summed E-state index contributed by atoms with van der Waals surface area (Å²) in [6.45, 7) is 5.21. The number of nitrogens with one attached hydrogen (secondary N) is 1. The number of amides is 1. The molecule has 6 nitrogen and oxygen atoms in total. The summed E-state index contributed by atoms with van der Waals surface area (Å²) >= 11 is 1.42. The molecule has 0 saturated carbocycles. The first-order chi connectivity index (χ1) is 13.8. The fourth-order valence-electron chi connectivity index (χ4n) is 3.46. The van der Waals surface area contributed by atoms with E-state index in [1.165, 1.54) is 27.8 Å². The van der Waals surface area contributed by atoms with Crippen molar-refractivity contribution in [3.8, 4) is 0 Å². The number of aromatic nitrogens is 1. The molecule has 0 aliphatic carbocycles. The first-order valence-corrected chi connectivity index (χ1v) is 11.9. The highest BCUT2D eigenvalue weighted by molar-refractivity contribution is 7.89. The molecule has 1 saturated heterocycles. The van der Waals surface area contributed by atoms with Crippen molar-refractivity contribution in [1.82, 2.24) is 9.29 Å². The van der Waals surface area contributed by atoms with E-state index in [0.29, 0.717) is 29.7 Å². The Hall–Kier alpha value is -2.29. The Labute approximate surface area is 174 Å². The number of aryl methyl sites for hydroxylation is 1. The average molecular weight is 430 g/mol. The van der Waals surface area contributed by atoms with Crippen LogP contribution in [0.3, 0.4) is 0 Å². The Morgan fingerprint density at radius 3 is 2.48 bits per heavy atom. The van der Waals surface area contributed by atoms with Crippen LogP contribution in [0.25, 0.3) is 10.2 Å². The molecule has 2 aromatic carbocycles. The molecule has 3 aromatic rings. The number of hydrogen-bond acceptors (Lipinski definition) is 5. The van der Waals surface area contributed by atoms with E-state index in [2.05, 4.69) is 17.2 Å². The predicted molar refractivity (Wildman–Crippen MR) is 116 cm³/mol. The average Bonchev–Trinajstić information content (AvgIpc) is 3.12. The Balaban J connectivity index is 1.49. The van der Waals surface area contributed by atoms with E-state index < -0.39 is 10.0 Å². The van der Waals surface area contributed by atoms with Crippen LogP contribution in [0, 0.1) is 12.8 Å². The minimum Gasteiger partial charge on any atom is -0.298 e. The molecule has 0 spiro atoms. The van der Waals surface area contributed by atoms with E-state index in [4.69, 9.17) is 0 Å². The van der Waals surface area contributed by atoms with E-state index in [9.17, 15) is 13.2 Å². The standard InChI is InChI=1S/C21H23N3O3S2/c1-14-10-12-24(13-11-14)29(26,27)17-8-6-16(7-9-17)20(25)23-21-22-19-15(2)4-3-5-18(19)28-21/h3-9,14H,10-13H2,1-2H3,(H,22,23,25). The van der Waals surface area contributed by atoms with Crippen LogP contribution in [-0.4, -0.2) is 36.7 Å². The number of para-hydroxylation sites is 1. The minimum absolute atomic E-state index is 0.221. The van der Waals surface area contributed by atoms with Crippen molar-refractivity contribution in [2.75, 3.05) is 18.4 Å². The van der Waals surface area contributed by atoms with Gasteiger partial charge in [-0.25, -0.2) is 13.4 Å². The lowest BCUT2D eigenvalue weighted by atomic mass is 10.0. The van der Waals surface area contributed by atoms with Gasteiger partial charge in [-0.2, -0.15) is 4.31 Å². The van der Waals surface area contributed by atoms with Gasteiger partial charge in [-0.05, 0) is 61.6 Å². The molecule has 1 aliphatic heterocycles. The zero-order valence-corrected chi connectivity index (χ0v) is 18.0. The number of fused-ring (bicyclic) bond motifs is 1. The molecule has 29 heavy (non-hydrogen) atoms. The maximum atomic E-state index is 12.8. The second-order valence-corrected chi connectivity index (χ2v) is 10.5. The number of piperidine rings is 1. The molecule has 0 radical (unpaired) electrons. The highest BCUT2D eigenvalue weighted by Crippen LogP contribution is 2.28.